The highest BCUT2D eigenvalue weighted by atomic mass is 35.5. The summed E-state index contributed by atoms with van der Waals surface area (Å²) in [4.78, 5) is 5.21. The monoisotopic (exact) mass is 225 g/mol. The molecule has 0 radical (unpaired) electrons. The van der Waals surface area contributed by atoms with Gasteiger partial charge in [-0.3, -0.25) is 5.41 Å². The first kappa shape index (κ1) is 9.43. The summed E-state index contributed by atoms with van der Waals surface area (Å²) >= 11 is 7.35. The lowest BCUT2D eigenvalue weighted by molar-refractivity contribution is 1.29. The molecule has 5 heteroatoms. The van der Waals surface area contributed by atoms with Gasteiger partial charge in [-0.15, -0.1) is 11.3 Å². The van der Waals surface area contributed by atoms with Gasteiger partial charge < -0.3 is 5.73 Å². The van der Waals surface area contributed by atoms with Crippen LogP contribution in [0.15, 0.2) is 18.2 Å². The van der Waals surface area contributed by atoms with E-state index in [1.54, 1.807) is 17.4 Å². The maximum absolute atomic E-state index is 7.19. The predicted octanol–water partition coefficient (Wildman–Crippen LogP) is 2.43. The largest absolute Gasteiger partial charge is 0.387 e. The molecule has 72 valence electrons. The number of nitrogens with one attached hydrogen (secondary N) is 1. The number of amidine groups is 1. The highest BCUT2D eigenvalue weighted by Crippen LogP contribution is 2.25. The third-order valence-corrected chi connectivity index (χ3v) is 3.06. The van der Waals surface area contributed by atoms with Crippen molar-refractivity contribution < 1.29 is 0 Å². The fourth-order valence-corrected chi connectivity index (χ4v) is 2.40. The standard InChI is InChI=1S/C9H8ClN3S/c10-8-2-1-7-6(13-8)3-5(14-7)4-9(11)12/h1-3H,4H2,(H3,11,12). The molecule has 3 N–H and O–H groups in total. The first-order chi connectivity index (χ1) is 6.65. The Kier molecular flexibility index (Phi) is 2.39. The summed E-state index contributed by atoms with van der Waals surface area (Å²) in [6, 6.07) is 5.62. The highest BCUT2D eigenvalue weighted by molar-refractivity contribution is 7.19. The molecule has 2 aromatic heterocycles. The van der Waals surface area contributed by atoms with Gasteiger partial charge in [0.2, 0.25) is 0 Å². The average molecular weight is 226 g/mol. The van der Waals surface area contributed by atoms with Crippen LogP contribution < -0.4 is 5.73 Å². The van der Waals surface area contributed by atoms with Crippen molar-refractivity contribution in [2.75, 3.05) is 0 Å². The van der Waals surface area contributed by atoms with Crippen LogP contribution in [0.3, 0.4) is 0 Å². The van der Waals surface area contributed by atoms with Crippen molar-refractivity contribution in [2.45, 2.75) is 6.42 Å². The molecular weight excluding hydrogens is 218 g/mol. The summed E-state index contributed by atoms with van der Waals surface area (Å²) in [6.07, 6.45) is 0.485. The van der Waals surface area contributed by atoms with E-state index in [1.165, 1.54) is 0 Å². The summed E-state index contributed by atoms with van der Waals surface area (Å²) in [5, 5.41) is 7.68. The Morgan fingerprint density at radius 3 is 3.07 bits per heavy atom. The number of fused-ring (bicyclic) bond motifs is 1. The quantitative estimate of drug-likeness (QED) is 0.469. The summed E-state index contributed by atoms with van der Waals surface area (Å²) in [5.41, 5.74) is 6.19. The van der Waals surface area contributed by atoms with E-state index < -0.39 is 0 Å². The average Bonchev–Trinajstić information content (AvgIpc) is 2.44. The second-order valence-electron chi connectivity index (χ2n) is 2.93. The maximum Gasteiger partial charge on any atom is 0.129 e. The molecule has 0 aromatic carbocycles. The number of nitrogens with two attached hydrogens (primary N) is 1. The summed E-state index contributed by atoms with van der Waals surface area (Å²) in [7, 11) is 0. The molecule has 0 atom stereocenters. The molecule has 0 saturated heterocycles. The molecule has 0 fully saturated rings. The normalized spacial score (nSPS) is 10.6. The van der Waals surface area contributed by atoms with Crippen LogP contribution in [0.4, 0.5) is 0 Å². The lowest BCUT2D eigenvalue weighted by Crippen LogP contribution is -2.11. The number of nitrogens with zero attached hydrogens (tertiary/aromatic N) is 1. The Hall–Kier alpha value is -1.13. The maximum atomic E-state index is 7.19. The molecule has 0 bridgehead atoms. The van der Waals surface area contributed by atoms with Gasteiger partial charge in [0.1, 0.15) is 5.15 Å². The topological polar surface area (TPSA) is 62.8 Å². The van der Waals surface area contributed by atoms with E-state index in [4.69, 9.17) is 22.7 Å². The van der Waals surface area contributed by atoms with Gasteiger partial charge in [-0.1, -0.05) is 11.6 Å². The van der Waals surface area contributed by atoms with Crippen molar-refractivity contribution in [2.24, 2.45) is 5.73 Å². The fourth-order valence-electron chi connectivity index (χ4n) is 1.22. The number of thiophene rings is 1. The van der Waals surface area contributed by atoms with Gasteiger partial charge in [-0.05, 0) is 18.2 Å². The van der Waals surface area contributed by atoms with E-state index in [9.17, 15) is 0 Å². The van der Waals surface area contributed by atoms with Crippen molar-refractivity contribution in [3.05, 3.63) is 28.2 Å². The fraction of sp³-hybridized carbons (Fsp3) is 0.111. The second kappa shape index (κ2) is 3.55. The molecule has 0 unspecified atom stereocenters. The van der Waals surface area contributed by atoms with Crippen molar-refractivity contribution in [3.8, 4) is 0 Å². The van der Waals surface area contributed by atoms with Gasteiger partial charge in [-0.2, -0.15) is 0 Å². The third-order valence-electron chi connectivity index (χ3n) is 1.76. The van der Waals surface area contributed by atoms with Gasteiger partial charge in [0.25, 0.3) is 0 Å². The Morgan fingerprint density at radius 1 is 1.57 bits per heavy atom. The predicted molar refractivity (Wildman–Crippen MR) is 60.2 cm³/mol. The molecule has 0 aliphatic carbocycles. The molecule has 0 amide bonds. The molecule has 0 saturated carbocycles. The number of hydrogen-bond acceptors (Lipinski definition) is 3. The first-order valence-corrected chi connectivity index (χ1v) is 5.22. The zero-order valence-electron chi connectivity index (χ0n) is 7.25. The minimum absolute atomic E-state index is 0.169. The molecule has 14 heavy (non-hydrogen) atoms. The number of halogens is 1. The van der Waals surface area contributed by atoms with Gasteiger partial charge in [0.15, 0.2) is 0 Å². The van der Waals surface area contributed by atoms with E-state index >= 15 is 0 Å². The third kappa shape index (κ3) is 1.86. The van der Waals surface area contributed by atoms with Crippen molar-refractivity contribution in [1.29, 1.82) is 5.41 Å². The number of pyridine rings is 1. The number of rotatable bonds is 2. The van der Waals surface area contributed by atoms with Gasteiger partial charge in [-0.25, -0.2) is 4.98 Å². The van der Waals surface area contributed by atoms with Crippen LogP contribution in [0.2, 0.25) is 5.15 Å². The van der Waals surface area contributed by atoms with Crippen molar-refractivity contribution in [3.63, 3.8) is 0 Å². The van der Waals surface area contributed by atoms with E-state index in [0.717, 1.165) is 15.1 Å². The lowest BCUT2D eigenvalue weighted by Gasteiger charge is -1.90. The first-order valence-electron chi connectivity index (χ1n) is 4.03. The van der Waals surface area contributed by atoms with E-state index in [2.05, 4.69) is 4.98 Å². The number of aromatic nitrogens is 1. The zero-order chi connectivity index (χ0) is 10.1. The molecule has 2 heterocycles. The molecule has 0 aliphatic heterocycles. The zero-order valence-corrected chi connectivity index (χ0v) is 8.82. The molecular formula is C9H8ClN3S. The van der Waals surface area contributed by atoms with Crippen LogP contribution >= 0.6 is 22.9 Å². The van der Waals surface area contributed by atoms with E-state index in [1.807, 2.05) is 12.1 Å². The van der Waals surface area contributed by atoms with Crippen LogP contribution in [-0.4, -0.2) is 10.8 Å². The van der Waals surface area contributed by atoms with E-state index in [0.29, 0.717) is 11.6 Å². The Morgan fingerprint density at radius 2 is 2.36 bits per heavy atom. The molecule has 2 aromatic rings. The summed E-state index contributed by atoms with van der Waals surface area (Å²) in [6.45, 7) is 0. The van der Waals surface area contributed by atoms with Crippen LogP contribution in [0.1, 0.15) is 4.88 Å². The second-order valence-corrected chi connectivity index (χ2v) is 4.49. The summed E-state index contributed by atoms with van der Waals surface area (Å²) in [5.74, 6) is 0.169. The van der Waals surface area contributed by atoms with Gasteiger partial charge >= 0.3 is 0 Å². The minimum atomic E-state index is 0.169. The molecule has 3 nitrogen and oxygen atoms in total. The van der Waals surface area contributed by atoms with Crippen molar-refractivity contribution in [1.82, 2.24) is 4.98 Å². The van der Waals surface area contributed by atoms with Crippen LogP contribution in [0.25, 0.3) is 10.2 Å². The minimum Gasteiger partial charge on any atom is -0.387 e. The van der Waals surface area contributed by atoms with Crippen LogP contribution in [-0.2, 0) is 6.42 Å². The Bertz CT molecular complexity index is 492. The molecule has 0 aliphatic rings. The van der Waals surface area contributed by atoms with E-state index in [-0.39, 0.29) is 5.84 Å². The SMILES string of the molecule is N=C(N)Cc1cc2nc(Cl)ccc2s1. The summed E-state index contributed by atoms with van der Waals surface area (Å²) < 4.78 is 1.07. The Labute approximate surface area is 90.0 Å². The lowest BCUT2D eigenvalue weighted by atomic mass is 10.3. The number of hydrogen-bond donors (Lipinski definition) is 2. The highest BCUT2D eigenvalue weighted by Gasteiger charge is 2.04. The Balaban J connectivity index is 2.46. The van der Waals surface area contributed by atoms with Crippen molar-refractivity contribution >= 4 is 39.0 Å². The van der Waals surface area contributed by atoms with Crippen LogP contribution in [0, 0.1) is 5.41 Å². The molecule has 0 spiro atoms. The molecule has 2 rings (SSSR count). The van der Waals surface area contributed by atoms with Crippen LogP contribution in [0.5, 0.6) is 0 Å². The van der Waals surface area contributed by atoms with Gasteiger partial charge in [0.05, 0.1) is 16.1 Å². The smallest absolute Gasteiger partial charge is 0.129 e. The van der Waals surface area contributed by atoms with Gasteiger partial charge in [0, 0.05) is 11.3 Å².